The number of hydrogen-bond acceptors (Lipinski definition) is 2. The molecular weight excluding hydrogens is 569 g/mol. The Balaban J connectivity index is 1.90. The summed E-state index contributed by atoms with van der Waals surface area (Å²) in [6.07, 6.45) is 18.8. The van der Waals surface area contributed by atoms with Crippen molar-refractivity contribution in [2.45, 2.75) is 170 Å². The Morgan fingerprint density at radius 1 is 0.864 bits per heavy atom. The highest BCUT2D eigenvalue weighted by Crippen LogP contribution is 2.59. The highest BCUT2D eigenvalue weighted by Gasteiger charge is 2.50. The molecule has 0 saturated heterocycles. The van der Waals surface area contributed by atoms with Crippen LogP contribution in [-0.2, 0) is 8.85 Å². The van der Waals surface area contributed by atoms with Crippen LogP contribution >= 0.6 is 0 Å². The lowest BCUT2D eigenvalue weighted by Gasteiger charge is -2.45. The van der Waals surface area contributed by atoms with E-state index in [9.17, 15) is 0 Å². The van der Waals surface area contributed by atoms with E-state index in [2.05, 4.69) is 127 Å². The van der Waals surface area contributed by atoms with E-state index >= 15 is 0 Å². The van der Waals surface area contributed by atoms with Crippen LogP contribution in [0, 0.1) is 35.0 Å². The second-order valence-electron chi connectivity index (χ2n) is 18.7. The van der Waals surface area contributed by atoms with E-state index in [-0.39, 0.29) is 22.3 Å². The van der Waals surface area contributed by atoms with Gasteiger partial charge < -0.3 is 8.85 Å². The van der Waals surface area contributed by atoms with Gasteiger partial charge in [-0.25, -0.2) is 0 Å². The summed E-state index contributed by atoms with van der Waals surface area (Å²) in [5.74, 6) is 3.47. The predicted molar refractivity (Wildman–Crippen MR) is 199 cm³/mol. The molecule has 0 amide bonds. The minimum absolute atomic E-state index is 0.0393. The number of rotatable bonds is 9. The molecule has 252 valence electrons. The number of hydrogen-bond donors (Lipinski definition) is 0. The van der Waals surface area contributed by atoms with Crippen molar-refractivity contribution < 1.29 is 8.85 Å². The maximum absolute atomic E-state index is 7.09. The van der Waals surface area contributed by atoms with Crippen LogP contribution in [0.15, 0.2) is 47.6 Å². The molecule has 0 spiro atoms. The van der Waals surface area contributed by atoms with Crippen LogP contribution < -0.4 is 0 Å². The maximum atomic E-state index is 7.09. The largest absolute Gasteiger partial charge is 0.413 e. The molecule has 0 aliphatic heterocycles. The van der Waals surface area contributed by atoms with E-state index in [0.29, 0.717) is 29.1 Å². The smallest absolute Gasteiger partial charge is 0.192 e. The SMILES string of the molecule is C=C1/C(=C\C=C2\CCCC3(C)[C@@H]([C@H](C)C=C[C@H](C)C(C)C)CC[C@@H]23)C[C@@H](O[Si](C)(C)C(C)(C)C)C[C@@H]1O[Si](C)(C)C(C)(C)C. The molecule has 1 unspecified atom stereocenters. The van der Waals surface area contributed by atoms with Gasteiger partial charge in [-0.05, 0) is 121 Å². The Morgan fingerprint density at radius 2 is 1.45 bits per heavy atom. The van der Waals surface area contributed by atoms with Gasteiger partial charge in [-0.15, -0.1) is 0 Å². The minimum atomic E-state index is -1.96. The van der Waals surface area contributed by atoms with E-state index in [1.165, 1.54) is 43.3 Å². The summed E-state index contributed by atoms with van der Waals surface area (Å²) in [4.78, 5) is 0. The van der Waals surface area contributed by atoms with Crippen molar-refractivity contribution in [2.24, 2.45) is 35.0 Å². The standard InChI is InChI=1S/C40H72O2Si2/c1-28(2)29(3)19-20-30(4)35-23-24-36-32(18-17-25-40(35,36)12)21-22-33-26-34(41-43(13,14)38(6,7)8)27-37(31(33)5)42-44(15,16)39(9,10)11/h19-22,28-30,34-37H,5,17-18,23-27H2,1-4,6-16H3/b20-19?,32-21-,33-22-/t29-,30+,34+,35+,36-,37-,40?/m0/s1. The molecule has 44 heavy (non-hydrogen) atoms. The van der Waals surface area contributed by atoms with E-state index in [1.54, 1.807) is 5.57 Å². The van der Waals surface area contributed by atoms with Crippen LogP contribution in [-0.4, -0.2) is 28.8 Å². The molecule has 0 bridgehead atoms. The summed E-state index contributed by atoms with van der Waals surface area (Å²) in [7, 11) is -3.88. The highest BCUT2D eigenvalue weighted by atomic mass is 28.4. The van der Waals surface area contributed by atoms with Gasteiger partial charge in [-0.3, -0.25) is 0 Å². The topological polar surface area (TPSA) is 18.5 Å². The summed E-state index contributed by atoms with van der Waals surface area (Å²) in [5, 5.41) is 0.352. The van der Waals surface area contributed by atoms with Crippen molar-refractivity contribution in [2.75, 3.05) is 0 Å². The first-order valence-electron chi connectivity index (χ1n) is 18.1. The normalized spacial score (nSPS) is 32.6. The lowest BCUT2D eigenvalue weighted by Crippen LogP contribution is -2.49. The first kappa shape index (κ1) is 37.8. The van der Waals surface area contributed by atoms with Gasteiger partial charge in [0, 0.05) is 6.42 Å². The van der Waals surface area contributed by atoms with E-state index in [1.807, 2.05) is 0 Å². The lowest BCUT2D eigenvalue weighted by molar-refractivity contribution is 0.0969. The molecule has 7 atom stereocenters. The van der Waals surface area contributed by atoms with Crippen LogP contribution in [0.5, 0.6) is 0 Å². The summed E-state index contributed by atoms with van der Waals surface area (Å²) < 4.78 is 14.2. The Bertz CT molecular complexity index is 1100. The van der Waals surface area contributed by atoms with Gasteiger partial charge in [-0.1, -0.05) is 113 Å². The van der Waals surface area contributed by atoms with Crippen LogP contribution in [0.1, 0.15) is 121 Å². The van der Waals surface area contributed by atoms with Gasteiger partial charge in [0.25, 0.3) is 0 Å². The minimum Gasteiger partial charge on any atom is -0.413 e. The second kappa shape index (κ2) is 13.8. The van der Waals surface area contributed by atoms with E-state index < -0.39 is 16.6 Å². The molecule has 0 aromatic carbocycles. The summed E-state index contributed by atoms with van der Waals surface area (Å²) in [5.41, 5.74) is 4.64. The Labute approximate surface area is 276 Å². The molecule has 3 aliphatic carbocycles. The zero-order chi connectivity index (χ0) is 33.5. The van der Waals surface area contributed by atoms with Crippen molar-refractivity contribution in [3.8, 4) is 0 Å². The zero-order valence-corrected chi connectivity index (χ0v) is 33.8. The molecule has 0 N–H and O–H groups in total. The fourth-order valence-electron chi connectivity index (χ4n) is 7.62. The fraction of sp³-hybridized carbons (Fsp3) is 0.800. The zero-order valence-electron chi connectivity index (χ0n) is 31.8. The average molecular weight is 641 g/mol. The van der Waals surface area contributed by atoms with Crippen LogP contribution in [0.3, 0.4) is 0 Å². The van der Waals surface area contributed by atoms with Gasteiger partial charge >= 0.3 is 0 Å². The molecular formula is C40H72O2Si2. The van der Waals surface area contributed by atoms with Gasteiger partial charge in [0.15, 0.2) is 16.6 Å². The van der Waals surface area contributed by atoms with Gasteiger partial charge in [0.2, 0.25) is 0 Å². The Hall–Kier alpha value is -0.686. The molecule has 0 radical (unpaired) electrons. The third-order valence-electron chi connectivity index (χ3n) is 13.2. The first-order chi connectivity index (χ1) is 20.0. The highest BCUT2D eigenvalue weighted by molar-refractivity contribution is 6.74. The van der Waals surface area contributed by atoms with Gasteiger partial charge in [0.05, 0.1) is 12.2 Å². The molecule has 0 aromatic heterocycles. The average Bonchev–Trinajstić information content (AvgIpc) is 3.23. The molecule has 0 heterocycles. The number of fused-ring (bicyclic) bond motifs is 1. The Kier molecular flexibility index (Phi) is 11.9. The molecule has 3 saturated carbocycles. The van der Waals surface area contributed by atoms with E-state index in [0.717, 1.165) is 18.8 Å². The number of allylic oxidation sites excluding steroid dienone is 5. The first-order valence-corrected chi connectivity index (χ1v) is 23.9. The lowest BCUT2D eigenvalue weighted by atomic mass is 9.61. The van der Waals surface area contributed by atoms with Gasteiger partial charge in [0.1, 0.15) is 0 Å². The molecule has 3 rings (SSSR count). The van der Waals surface area contributed by atoms with Crippen molar-refractivity contribution in [1.29, 1.82) is 0 Å². The molecule has 3 aliphatic rings. The van der Waals surface area contributed by atoms with Crippen LogP contribution in [0.25, 0.3) is 0 Å². The second-order valence-corrected chi connectivity index (χ2v) is 28.2. The monoisotopic (exact) mass is 641 g/mol. The van der Waals surface area contributed by atoms with Crippen molar-refractivity contribution >= 4 is 16.6 Å². The van der Waals surface area contributed by atoms with Crippen molar-refractivity contribution in [1.82, 2.24) is 0 Å². The molecule has 3 fully saturated rings. The quantitative estimate of drug-likeness (QED) is 0.184. The third kappa shape index (κ3) is 8.42. The van der Waals surface area contributed by atoms with Crippen LogP contribution in [0.4, 0.5) is 0 Å². The summed E-state index contributed by atoms with van der Waals surface area (Å²) >= 11 is 0. The molecule has 0 aromatic rings. The predicted octanol–water partition coefficient (Wildman–Crippen LogP) is 12.7. The van der Waals surface area contributed by atoms with Crippen LogP contribution in [0.2, 0.25) is 36.3 Å². The maximum Gasteiger partial charge on any atom is 0.192 e. The van der Waals surface area contributed by atoms with Gasteiger partial charge in [-0.2, -0.15) is 0 Å². The summed E-state index contributed by atoms with van der Waals surface area (Å²) in [6.45, 7) is 40.5. The van der Waals surface area contributed by atoms with Crippen molar-refractivity contribution in [3.05, 3.63) is 47.6 Å². The Morgan fingerprint density at radius 3 is 2.02 bits per heavy atom. The third-order valence-corrected chi connectivity index (χ3v) is 22.2. The fourth-order valence-corrected chi connectivity index (χ4v) is 10.3. The summed E-state index contributed by atoms with van der Waals surface area (Å²) in [6, 6.07) is 0. The molecule has 4 heteroatoms. The molecule has 2 nitrogen and oxygen atoms in total. The van der Waals surface area contributed by atoms with Crippen molar-refractivity contribution in [3.63, 3.8) is 0 Å². The van der Waals surface area contributed by atoms with E-state index in [4.69, 9.17) is 15.4 Å².